The van der Waals surface area contributed by atoms with Gasteiger partial charge >= 0.3 is 0 Å². The Hall–Kier alpha value is -1.35. The second-order valence-electron chi connectivity index (χ2n) is 4.13. The van der Waals surface area contributed by atoms with Crippen molar-refractivity contribution < 1.29 is 4.74 Å². The summed E-state index contributed by atoms with van der Waals surface area (Å²) in [4.78, 5) is 4.51. The molecule has 0 saturated carbocycles. The van der Waals surface area contributed by atoms with Crippen molar-refractivity contribution in [2.24, 2.45) is 0 Å². The lowest BCUT2D eigenvalue weighted by Crippen LogP contribution is -2.17. The summed E-state index contributed by atoms with van der Waals surface area (Å²) >= 11 is 0. The van der Waals surface area contributed by atoms with Crippen molar-refractivity contribution in [3.63, 3.8) is 0 Å². The highest BCUT2D eigenvalue weighted by Gasteiger charge is 2.07. The summed E-state index contributed by atoms with van der Waals surface area (Å²) in [6, 6.07) is 3.94. The van der Waals surface area contributed by atoms with Gasteiger partial charge in [0.05, 0.1) is 5.69 Å². The van der Waals surface area contributed by atoms with Crippen molar-refractivity contribution in [2.45, 2.75) is 39.8 Å². The maximum Gasteiger partial charge on any atom is 0.143 e. The van der Waals surface area contributed by atoms with Crippen molar-refractivity contribution in [2.75, 3.05) is 6.54 Å². The van der Waals surface area contributed by atoms with Gasteiger partial charge in [-0.3, -0.25) is 4.98 Å². The highest BCUT2D eigenvalue weighted by atomic mass is 16.5. The zero-order valence-electron chi connectivity index (χ0n) is 11.0. The molecule has 1 rings (SSSR count). The van der Waals surface area contributed by atoms with Crippen molar-refractivity contribution in [3.8, 4) is 5.75 Å². The van der Waals surface area contributed by atoms with Crippen LogP contribution in [0.15, 0.2) is 24.8 Å². The molecule has 17 heavy (non-hydrogen) atoms. The number of ether oxygens (including phenoxy) is 1. The second kappa shape index (κ2) is 7.07. The van der Waals surface area contributed by atoms with E-state index in [0.29, 0.717) is 0 Å². The van der Waals surface area contributed by atoms with E-state index in [1.54, 1.807) is 6.08 Å². The van der Waals surface area contributed by atoms with Gasteiger partial charge in [-0.1, -0.05) is 19.6 Å². The minimum absolute atomic E-state index is 0.00410. The van der Waals surface area contributed by atoms with E-state index < -0.39 is 0 Å². The molecular weight excluding hydrogens is 212 g/mol. The third kappa shape index (κ3) is 4.57. The topological polar surface area (TPSA) is 34.1 Å². The molecule has 94 valence electrons. The largest absolute Gasteiger partial charge is 0.485 e. The molecule has 0 aliphatic rings. The smallest absolute Gasteiger partial charge is 0.143 e. The summed E-state index contributed by atoms with van der Waals surface area (Å²) < 4.78 is 5.76. The predicted molar refractivity (Wildman–Crippen MR) is 71.3 cm³/mol. The molecule has 1 atom stereocenters. The zero-order chi connectivity index (χ0) is 12.7. The Labute approximate surface area is 104 Å². The zero-order valence-corrected chi connectivity index (χ0v) is 11.0. The average molecular weight is 234 g/mol. The quantitative estimate of drug-likeness (QED) is 0.582. The van der Waals surface area contributed by atoms with Gasteiger partial charge in [-0.15, -0.1) is 0 Å². The summed E-state index contributed by atoms with van der Waals surface area (Å²) in [6.45, 7) is 11.6. The molecule has 3 nitrogen and oxygen atoms in total. The number of pyridine rings is 1. The van der Waals surface area contributed by atoms with E-state index in [4.69, 9.17) is 4.74 Å². The first-order valence-corrected chi connectivity index (χ1v) is 6.13. The van der Waals surface area contributed by atoms with Crippen LogP contribution in [0.5, 0.6) is 5.75 Å². The summed E-state index contributed by atoms with van der Waals surface area (Å²) in [5.41, 5.74) is 1.98. The molecular formula is C14H22N2O. The molecule has 1 N–H and O–H groups in total. The summed E-state index contributed by atoms with van der Waals surface area (Å²) in [5, 5.41) is 3.34. The number of hydrogen-bond donors (Lipinski definition) is 1. The van der Waals surface area contributed by atoms with Gasteiger partial charge < -0.3 is 10.1 Å². The van der Waals surface area contributed by atoms with Crippen molar-refractivity contribution in [1.29, 1.82) is 0 Å². The maximum atomic E-state index is 5.76. The monoisotopic (exact) mass is 234 g/mol. The normalized spacial score (nSPS) is 12.2. The lowest BCUT2D eigenvalue weighted by molar-refractivity contribution is 0.265. The van der Waals surface area contributed by atoms with Crippen LogP contribution in [0.3, 0.4) is 0 Å². The first kappa shape index (κ1) is 13.7. The van der Waals surface area contributed by atoms with Gasteiger partial charge in [0.2, 0.25) is 0 Å². The Balaban J connectivity index is 2.76. The SMILES string of the molecule is C=CC(C)Oc1ccc(C)nc1CNCCC. The Morgan fingerprint density at radius 3 is 2.94 bits per heavy atom. The molecule has 0 fully saturated rings. The molecule has 0 spiro atoms. The van der Waals surface area contributed by atoms with E-state index in [9.17, 15) is 0 Å². The van der Waals surface area contributed by atoms with E-state index in [1.807, 2.05) is 26.0 Å². The van der Waals surface area contributed by atoms with Crippen LogP contribution in [0.1, 0.15) is 31.7 Å². The first-order valence-electron chi connectivity index (χ1n) is 6.13. The van der Waals surface area contributed by atoms with Crippen LogP contribution in [0.25, 0.3) is 0 Å². The maximum absolute atomic E-state index is 5.76. The molecule has 1 unspecified atom stereocenters. The van der Waals surface area contributed by atoms with E-state index in [0.717, 1.165) is 36.6 Å². The van der Waals surface area contributed by atoms with E-state index in [2.05, 4.69) is 23.8 Å². The Morgan fingerprint density at radius 1 is 1.53 bits per heavy atom. The molecule has 0 bridgehead atoms. The minimum Gasteiger partial charge on any atom is -0.485 e. The highest BCUT2D eigenvalue weighted by molar-refractivity contribution is 5.29. The number of aromatic nitrogens is 1. The third-order valence-corrected chi connectivity index (χ3v) is 2.44. The van der Waals surface area contributed by atoms with Crippen LogP contribution in [0.2, 0.25) is 0 Å². The van der Waals surface area contributed by atoms with E-state index >= 15 is 0 Å². The number of nitrogens with one attached hydrogen (secondary N) is 1. The van der Waals surface area contributed by atoms with Crippen LogP contribution in [0, 0.1) is 6.92 Å². The lowest BCUT2D eigenvalue weighted by atomic mass is 10.2. The standard InChI is InChI=1S/C14H22N2O/c1-5-9-15-10-13-14(17-12(4)6-2)8-7-11(3)16-13/h6-8,12,15H,2,5,9-10H2,1,3-4H3. The number of hydrogen-bond acceptors (Lipinski definition) is 3. The van der Waals surface area contributed by atoms with Gasteiger partial charge in [0.25, 0.3) is 0 Å². The summed E-state index contributed by atoms with van der Waals surface area (Å²) in [7, 11) is 0. The molecule has 0 aromatic carbocycles. The van der Waals surface area contributed by atoms with Crippen LogP contribution >= 0.6 is 0 Å². The van der Waals surface area contributed by atoms with Crippen molar-refractivity contribution in [1.82, 2.24) is 10.3 Å². The Morgan fingerprint density at radius 2 is 2.29 bits per heavy atom. The number of rotatable bonds is 7. The molecule has 1 heterocycles. The fourth-order valence-electron chi connectivity index (χ4n) is 1.46. The molecule has 0 aliphatic heterocycles. The van der Waals surface area contributed by atoms with Crippen LogP contribution in [-0.4, -0.2) is 17.6 Å². The number of nitrogens with zero attached hydrogens (tertiary/aromatic N) is 1. The molecule has 0 amide bonds. The summed E-state index contributed by atoms with van der Waals surface area (Å²) in [6.07, 6.45) is 2.90. The van der Waals surface area contributed by atoms with Gasteiger partial charge in [0.1, 0.15) is 11.9 Å². The second-order valence-corrected chi connectivity index (χ2v) is 4.13. The molecule has 0 aliphatic carbocycles. The van der Waals surface area contributed by atoms with Gasteiger partial charge in [-0.05, 0) is 38.9 Å². The lowest BCUT2D eigenvalue weighted by Gasteiger charge is -2.14. The van der Waals surface area contributed by atoms with Gasteiger partial charge in [-0.2, -0.15) is 0 Å². The first-order chi connectivity index (χ1) is 8.17. The Bertz CT molecular complexity index is 363. The molecule has 3 heteroatoms. The van der Waals surface area contributed by atoms with E-state index in [-0.39, 0.29) is 6.10 Å². The van der Waals surface area contributed by atoms with E-state index in [1.165, 1.54) is 0 Å². The molecule has 1 aromatic heterocycles. The fourth-order valence-corrected chi connectivity index (χ4v) is 1.46. The van der Waals surface area contributed by atoms with Gasteiger partial charge in [0, 0.05) is 12.2 Å². The van der Waals surface area contributed by atoms with Crippen LogP contribution in [-0.2, 0) is 6.54 Å². The minimum atomic E-state index is 0.00410. The third-order valence-electron chi connectivity index (χ3n) is 2.44. The van der Waals surface area contributed by atoms with Gasteiger partial charge in [-0.25, -0.2) is 0 Å². The van der Waals surface area contributed by atoms with Crippen molar-refractivity contribution in [3.05, 3.63) is 36.2 Å². The fraction of sp³-hybridized carbons (Fsp3) is 0.500. The predicted octanol–water partition coefficient (Wildman–Crippen LogP) is 2.84. The summed E-state index contributed by atoms with van der Waals surface area (Å²) in [5.74, 6) is 0.839. The van der Waals surface area contributed by atoms with Crippen LogP contribution in [0.4, 0.5) is 0 Å². The van der Waals surface area contributed by atoms with Crippen LogP contribution < -0.4 is 10.1 Å². The molecule has 1 aromatic rings. The molecule has 0 radical (unpaired) electrons. The van der Waals surface area contributed by atoms with Crippen molar-refractivity contribution >= 4 is 0 Å². The highest BCUT2D eigenvalue weighted by Crippen LogP contribution is 2.18. The average Bonchev–Trinajstić information content (AvgIpc) is 2.32. The number of aryl methyl sites for hydroxylation is 1. The van der Waals surface area contributed by atoms with Gasteiger partial charge in [0.15, 0.2) is 0 Å². The molecule has 0 saturated heterocycles. The Kier molecular flexibility index (Phi) is 5.70.